The number of carbonyl (C=O) groups excluding carboxylic acids is 2. The molecule has 112 valence electrons. The Bertz CT molecular complexity index is 560. The van der Waals surface area contributed by atoms with Gasteiger partial charge in [0.15, 0.2) is 11.3 Å². The van der Waals surface area contributed by atoms with Gasteiger partial charge in [-0.25, -0.2) is 4.98 Å². The topological polar surface area (TPSA) is 68.3 Å². The van der Waals surface area contributed by atoms with E-state index in [-0.39, 0.29) is 17.0 Å². The molecule has 0 fully saturated rings. The molecule has 0 unspecified atom stereocenters. The minimum Gasteiger partial charge on any atom is -0.452 e. The highest BCUT2D eigenvalue weighted by Crippen LogP contribution is 2.21. The summed E-state index contributed by atoms with van der Waals surface area (Å²) < 4.78 is 5.22. The number of halogens is 1. The first-order valence-electron chi connectivity index (χ1n) is 6.85. The van der Waals surface area contributed by atoms with Gasteiger partial charge in [0.25, 0.3) is 5.91 Å². The van der Waals surface area contributed by atoms with Crippen molar-refractivity contribution in [3.63, 3.8) is 0 Å². The number of hydrogen-bond acceptors (Lipinski definition) is 4. The van der Waals surface area contributed by atoms with Crippen molar-refractivity contribution < 1.29 is 14.3 Å². The summed E-state index contributed by atoms with van der Waals surface area (Å²) in [5.74, 6) is -0.920. The van der Waals surface area contributed by atoms with Crippen molar-refractivity contribution in [3.8, 4) is 0 Å². The standard InChI is InChI=1S/C15H17ClN2O3/c1-10(21-15(20)11-6-3-2-4-7-11)14(19)18-12-8-5-9-17-13(12)16/h2-3,5,8-11H,4,6-7H2,1H3,(H,18,19)/t10-,11+/m0/s1. The first kappa shape index (κ1) is 15.5. The van der Waals surface area contributed by atoms with Crippen molar-refractivity contribution in [3.05, 3.63) is 35.6 Å². The van der Waals surface area contributed by atoms with Crippen LogP contribution < -0.4 is 5.32 Å². The molecule has 0 radical (unpaired) electrons. The van der Waals surface area contributed by atoms with E-state index in [4.69, 9.17) is 16.3 Å². The van der Waals surface area contributed by atoms with Crippen LogP contribution in [0.2, 0.25) is 5.15 Å². The van der Waals surface area contributed by atoms with Crippen LogP contribution in [0.3, 0.4) is 0 Å². The van der Waals surface area contributed by atoms with Gasteiger partial charge in [-0.15, -0.1) is 0 Å². The quantitative estimate of drug-likeness (QED) is 0.527. The van der Waals surface area contributed by atoms with Crippen molar-refractivity contribution in [1.82, 2.24) is 4.98 Å². The fourth-order valence-corrected chi connectivity index (χ4v) is 2.21. The molecule has 1 aromatic heterocycles. The highest BCUT2D eigenvalue weighted by molar-refractivity contribution is 6.32. The van der Waals surface area contributed by atoms with Gasteiger partial charge in [0, 0.05) is 6.20 Å². The summed E-state index contributed by atoms with van der Waals surface area (Å²) >= 11 is 5.86. The molecule has 0 saturated heterocycles. The molecular formula is C15H17ClN2O3. The average Bonchev–Trinajstić information content (AvgIpc) is 2.50. The zero-order valence-electron chi connectivity index (χ0n) is 11.7. The number of nitrogens with one attached hydrogen (secondary N) is 1. The number of ether oxygens (including phenoxy) is 1. The number of rotatable bonds is 4. The van der Waals surface area contributed by atoms with Gasteiger partial charge in [-0.05, 0) is 38.3 Å². The molecule has 1 N–H and O–H groups in total. The minimum atomic E-state index is -0.875. The van der Waals surface area contributed by atoms with Crippen molar-refractivity contribution in [2.24, 2.45) is 5.92 Å². The fourth-order valence-electron chi connectivity index (χ4n) is 2.05. The van der Waals surface area contributed by atoms with Gasteiger partial charge in [0.2, 0.25) is 0 Å². The molecule has 21 heavy (non-hydrogen) atoms. The lowest BCUT2D eigenvalue weighted by Gasteiger charge is -2.19. The van der Waals surface area contributed by atoms with Gasteiger partial charge in [0.05, 0.1) is 11.6 Å². The molecule has 0 aliphatic heterocycles. The smallest absolute Gasteiger partial charge is 0.310 e. The fraction of sp³-hybridized carbons (Fsp3) is 0.400. The van der Waals surface area contributed by atoms with Gasteiger partial charge in [-0.3, -0.25) is 9.59 Å². The number of carbonyl (C=O) groups is 2. The number of esters is 1. The lowest BCUT2D eigenvalue weighted by molar-refractivity contribution is -0.157. The highest BCUT2D eigenvalue weighted by atomic mass is 35.5. The number of aromatic nitrogens is 1. The molecule has 5 nitrogen and oxygen atoms in total. The number of pyridine rings is 1. The van der Waals surface area contributed by atoms with Crippen LogP contribution in [0.5, 0.6) is 0 Å². The number of hydrogen-bond donors (Lipinski definition) is 1. The molecular weight excluding hydrogens is 292 g/mol. The Hall–Kier alpha value is -1.88. The predicted molar refractivity (Wildman–Crippen MR) is 79.9 cm³/mol. The Morgan fingerprint density at radius 1 is 1.48 bits per heavy atom. The molecule has 1 heterocycles. The van der Waals surface area contributed by atoms with Crippen LogP contribution in [0.1, 0.15) is 26.2 Å². The number of allylic oxidation sites excluding steroid dienone is 2. The van der Waals surface area contributed by atoms with E-state index in [9.17, 15) is 9.59 Å². The largest absolute Gasteiger partial charge is 0.452 e. The van der Waals surface area contributed by atoms with Crippen LogP contribution in [0.25, 0.3) is 0 Å². The molecule has 0 saturated carbocycles. The van der Waals surface area contributed by atoms with Gasteiger partial charge in [-0.2, -0.15) is 0 Å². The van der Waals surface area contributed by atoms with Gasteiger partial charge in [0.1, 0.15) is 0 Å². The molecule has 1 aliphatic rings. The van der Waals surface area contributed by atoms with Crippen molar-refractivity contribution in [2.75, 3.05) is 5.32 Å². The Balaban J connectivity index is 1.89. The molecule has 2 rings (SSSR count). The summed E-state index contributed by atoms with van der Waals surface area (Å²) in [4.78, 5) is 27.8. The van der Waals surface area contributed by atoms with E-state index in [1.807, 2.05) is 12.2 Å². The molecule has 1 aromatic rings. The maximum Gasteiger partial charge on any atom is 0.310 e. The third-order valence-corrected chi connectivity index (χ3v) is 3.58. The van der Waals surface area contributed by atoms with Crippen LogP contribution in [-0.4, -0.2) is 23.0 Å². The van der Waals surface area contributed by atoms with Crippen LogP contribution in [0.4, 0.5) is 5.69 Å². The number of amides is 1. The van der Waals surface area contributed by atoms with Crippen molar-refractivity contribution in [2.45, 2.75) is 32.3 Å². The molecule has 0 spiro atoms. The Labute approximate surface area is 128 Å². The summed E-state index contributed by atoms with van der Waals surface area (Å²) in [5.41, 5.74) is 0.396. The summed E-state index contributed by atoms with van der Waals surface area (Å²) in [7, 11) is 0. The first-order valence-corrected chi connectivity index (χ1v) is 7.22. The normalized spacial score (nSPS) is 18.9. The Morgan fingerprint density at radius 3 is 2.95 bits per heavy atom. The lowest BCUT2D eigenvalue weighted by atomic mass is 9.95. The second kappa shape index (κ2) is 7.22. The zero-order chi connectivity index (χ0) is 15.2. The average molecular weight is 309 g/mol. The summed E-state index contributed by atoms with van der Waals surface area (Å²) in [6.07, 6.45) is 6.96. The Kier molecular flexibility index (Phi) is 5.33. The maximum atomic E-state index is 12.0. The van der Waals surface area contributed by atoms with E-state index >= 15 is 0 Å². The molecule has 0 bridgehead atoms. The Morgan fingerprint density at radius 2 is 2.29 bits per heavy atom. The highest BCUT2D eigenvalue weighted by Gasteiger charge is 2.25. The van der Waals surface area contributed by atoms with E-state index in [1.165, 1.54) is 13.1 Å². The van der Waals surface area contributed by atoms with Crippen LogP contribution in [0.15, 0.2) is 30.5 Å². The second-order valence-corrected chi connectivity index (χ2v) is 5.25. The first-order chi connectivity index (χ1) is 10.1. The third kappa shape index (κ3) is 4.29. The maximum absolute atomic E-state index is 12.0. The molecule has 6 heteroatoms. The van der Waals surface area contributed by atoms with Crippen molar-refractivity contribution >= 4 is 29.2 Å². The molecule has 2 atom stereocenters. The SMILES string of the molecule is C[C@H](OC(=O)[C@@H]1CC=CCC1)C(=O)Nc1cccnc1Cl. The van der Waals surface area contributed by atoms with Crippen LogP contribution in [-0.2, 0) is 14.3 Å². The minimum absolute atomic E-state index is 0.160. The summed E-state index contributed by atoms with van der Waals surface area (Å²) in [6, 6.07) is 3.29. The van der Waals surface area contributed by atoms with E-state index in [2.05, 4.69) is 10.3 Å². The van der Waals surface area contributed by atoms with Crippen LogP contribution >= 0.6 is 11.6 Å². The monoisotopic (exact) mass is 308 g/mol. The summed E-state index contributed by atoms with van der Waals surface area (Å²) in [6.45, 7) is 1.54. The summed E-state index contributed by atoms with van der Waals surface area (Å²) in [5, 5.41) is 2.79. The predicted octanol–water partition coefficient (Wildman–Crippen LogP) is 2.96. The molecule has 1 amide bonds. The van der Waals surface area contributed by atoms with Gasteiger partial charge < -0.3 is 10.1 Å². The van der Waals surface area contributed by atoms with Crippen molar-refractivity contribution in [1.29, 1.82) is 0 Å². The molecule has 0 aromatic carbocycles. The second-order valence-electron chi connectivity index (χ2n) is 4.89. The van der Waals surface area contributed by atoms with Gasteiger partial charge >= 0.3 is 5.97 Å². The zero-order valence-corrected chi connectivity index (χ0v) is 12.5. The van der Waals surface area contributed by atoms with E-state index in [0.29, 0.717) is 12.1 Å². The number of anilines is 1. The molecule has 1 aliphatic carbocycles. The van der Waals surface area contributed by atoms with E-state index in [0.717, 1.165) is 12.8 Å². The lowest BCUT2D eigenvalue weighted by Crippen LogP contribution is -2.32. The van der Waals surface area contributed by atoms with E-state index < -0.39 is 12.0 Å². The van der Waals surface area contributed by atoms with Crippen LogP contribution in [0, 0.1) is 5.92 Å². The number of nitrogens with zero attached hydrogens (tertiary/aromatic N) is 1. The third-order valence-electron chi connectivity index (χ3n) is 3.28. The van der Waals surface area contributed by atoms with E-state index in [1.54, 1.807) is 12.1 Å². The van der Waals surface area contributed by atoms with Gasteiger partial charge in [-0.1, -0.05) is 23.8 Å².